The maximum absolute atomic E-state index is 11.1. The van der Waals surface area contributed by atoms with Gasteiger partial charge in [0.25, 0.3) is 0 Å². The fraction of sp³-hybridized carbons (Fsp3) is 0.462. The van der Waals surface area contributed by atoms with Crippen molar-refractivity contribution in [3.8, 4) is 11.5 Å². The highest BCUT2D eigenvalue weighted by Crippen LogP contribution is 2.45. The van der Waals surface area contributed by atoms with Gasteiger partial charge >= 0.3 is 0 Å². The van der Waals surface area contributed by atoms with E-state index in [0.717, 1.165) is 31.4 Å². The maximum Gasteiger partial charge on any atom is 0.172 e. The monoisotopic (exact) mass is 267 g/mol. The van der Waals surface area contributed by atoms with E-state index in [1.54, 1.807) is 6.07 Å². The first kappa shape index (κ1) is 11.8. The topological polar surface area (TPSA) is 47.6 Å². The summed E-state index contributed by atoms with van der Waals surface area (Å²) < 4.78 is 11.3. The molecule has 1 saturated heterocycles. The lowest BCUT2D eigenvalue weighted by Gasteiger charge is -2.25. The molecule has 4 nitrogen and oxygen atoms in total. The van der Waals surface area contributed by atoms with Gasteiger partial charge in [0.15, 0.2) is 17.8 Å². The van der Waals surface area contributed by atoms with Gasteiger partial charge < -0.3 is 14.8 Å². The third kappa shape index (κ3) is 1.85. The minimum absolute atomic E-state index is 0.327. The molecule has 96 valence electrons. The van der Waals surface area contributed by atoms with Gasteiger partial charge in [0.1, 0.15) is 13.2 Å². The molecule has 0 amide bonds. The summed E-state index contributed by atoms with van der Waals surface area (Å²) in [5.74, 6) is 1.53. The average molecular weight is 268 g/mol. The van der Waals surface area contributed by atoms with Crippen molar-refractivity contribution in [3.63, 3.8) is 0 Å². The molecular weight excluding hydrogens is 254 g/mol. The molecule has 2 aliphatic rings. The van der Waals surface area contributed by atoms with E-state index in [4.69, 9.17) is 21.1 Å². The van der Waals surface area contributed by atoms with Crippen molar-refractivity contribution in [2.24, 2.45) is 0 Å². The fourth-order valence-corrected chi connectivity index (χ4v) is 2.95. The minimum Gasteiger partial charge on any atom is -0.486 e. The Balaban J connectivity index is 2.14. The van der Waals surface area contributed by atoms with Crippen molar-refractivity contribution in [1.29, 1.82) is 0 Å². The molecule has 5 heteroatoms. The van der Waals surface area contributed by atoms with Crippen molar-refractivity contribution in [3.05, 3.63) is 22.2 Å². The van der Waals surface area contributed by atoms with Crippen LogP contribution in [0.5, 0.6) is 11.5 Å². The highest BCUT2D eigenvalue weighted by atomic mass is 35.5. The summed E-state index contributed by atoms with van der Waals surface area (Å²) in [6.45, 7) is 2.83. The van der Waals surface area contributed by atoms with Gasteiger partial charge in [-0.3, -0.25) is 4.79 Å². The number of rotatable bonds is 2. The van der Waals surface area contributed by atoms with Crippen LogP contribution in [0.1, 0.15) is 28.3 Å². The van der Waals surface area contributed by atoms with Gasteiger partial charge in [-0.25, -0.2) is 0 Å². The van der Waals surface area contributed by atoms with Gasteiger partial charge in [0.2, 0.25) is 0 Å². The summed E-state index contributed by atoms with van der Waals surface area (Å²) in [6, 6.07) is 1.68. The number of halogens is 1. The van der Waals surface area contributed by atoms with Crippen molar-refractivity contribution in [2.45, 2.75) is 12.3 Å². The summed E-state index contributed by atoms with van der Waals surface area (Å²) in [6.07, 6.45) is 1.78. The molecule has 0 aromatic heterocycles. The maximum atomic E-state index is 11.1. The molecule has 1 atom stereocenters. The Kier molecular flexibility index (Phi) is 3.14. The van der Waals surface area contributed by atoms with Gasteiger partial charge in [0, 0.05) is 23.0 Å². The number of hydrogen-bond donors (Lipinski definition) is 1. The molecular formula is C13H14ClNO3. The van der Waals surface area contributed by atoms with Crippen LogP contribution in [0.4, 0.5) is 0 Å². The van der Waals surface area contributed by atoms with Crippen molar-refractivity contribution < 1.29 is 14.3 Å². The number of nitrogens with one attached hydrogen (secondary N) is 1. The Morgan fingerprint density at radius 1 is 1.33 bits per heavy atom. The van der Waals surface area contributed by atoms with Crippen LogP contribution >= 0.6 is 11.6 Å². The average Bonchev–Trinajstić information content (AvgIpc) is 2.91. The van der Waals surface area contributed by atoms with Crippen molar-refractivity contribution in [2.75, 3.05) is 26.3 Å². The Bertz CT molecular complexity index is 484. The molecule has 0 radical (unpaired) electrons. The lowest BCUT2D eigenvalue weighted by Crippen LogP contribution is -2.19. The summed E-state index contributed by atoms with van der Waals surface area (Å²) in [5, 5.41) is 3.90. The van der Waals surface area contributed by atoms with Crippen LogP contribution in [-0.2, 0) is 0 Å². The summed E-state index contributed by atoms with van der Waals surface area (Å²) in [5.41, 5.74) is 1.44. The number of aldehydes is 1. The van der Waals surface area contributed by atoms with Crippen LogP contribution in [0.3, 0.4) is 0 Å². The Morgan fingerprint density at radius 3 is 2.78 bits per heavy atom. The third-order valence-corrected chi connectivity index (χ3v) is 3.74. The van der Waals surface area contributed by atoms with Crippen molar-refractivity contribution >= 4 is 17.9 Å². The molecule has 2 aliphatic heterocycles. The number of benzene rings is 1. The molecule has 1 N–H and O–H groups in total. The quantitative estimate of drug-likeness (QED) is 0.833. The van der Waals surface area contributed by atoms with Crippen LogP contribution in [0, 0.1) is 0 Å². The number of carbonyl (C=O) groups excluding carboxylic acids is 1. The van der Waals surface area contributed by atoms with Gasteiger partial charge in [-0.2, -0.15) is 0 Å². The van der Waals surface area contributed by atoms with Crippen LogP contribution in [0.2, 0.25) is 5.02 Å². The second kappa shape index (κ2) is 4.78. The van der Waals surface area contributed by atoms with Crippen LogP contribution < -0.4 is 14.8 Å². The molecule has 1 aromatic rings. The predicted molar refractivity (Wildman–Crippen MR) is 68.1 cm³/mol. The largest absolute Gasteiger partial charge is 0.486 e. The molecule has 1 fully saturated rings. The Hall–Kier alpha value is -1.26. The van der Waals surface area contributed by atoms with Crippen LogP contribution in [0.15, 0.2) is 6.07 Å². The molecule has 1 unspecified atom stereocenters. The van der Waals surface area contributed by atoms with Gasteiger partial charge in [0.05, 0.1) is 5.56 Å². The number of hydrogen-bond acceptors (Lipinski definition) is 4. The van der Waals surface area contributed by atoms with E-state index >= 15 is 0 Å². The van der Waals surface area contributed by atoms with Crippen LogP contribution in [-0.4, -0.2) is 32.6 Å². The van der Waals surface area contributed by atoms with E-state index in [1.807, 2.05) is 0 Å². The van der Waals surface area contributed by atoms with E-state index < -0.39 is 0 Å². The van der Waals surface area contributed by atoms with E-state index in [0.29, 0.717) is 41.2 Å². The molecule has 18 heavy (non-hydrogen) atoms. The zero-order valence-corrected chi connectivity index (χ0v) is 10.6. The molecule has 1 aromatic carbocycles. The highest BCUT2D eigenvalue weighted by molar-refractivity contribution is 6.32. The summed E-state index contributed by atoms with van der Waals surface area (Å²) in [7, 11) is 0. The van der Waals surface area contributed by atoms with Gasteiger partial charge in [-0.1, -0.05) is 11.6 Å². The Morgan fingerprint density at radius 2 is 2.11 bits per heavy atom. The number of ether oxygens (including phenoxy) is 2. The van der Waals surface area contributed by atoms with E-state index in [-0.39, 0.29) is 0 Å². The molecule has 3 rings (SSSR count). The Labute approximate surface area is 110 Å². The second-order valence-electron chi connectivity index (χ2n) is 4.52. The summed E-state index contributed by atoms with van der Waals surface area (Å²) >= 11 is 6.30. The van der Waals surface area contributed by atoms with E-state index in [9.17, 15) is 4.79 Å². The smallest absolute Gasteiger partial charge is 0.172 e. The van der Waals surface area contributed by atoms with Gasteiger partial charge in [-0.05, 0) is 19.0 Å². The molecule has 0 aliphatic carbocycles. The normalized spacial score (nSPS) is 21.9. The SMILES string of the molecule is O=Cc1cc(Cl)c(C2CCNC2)c2c1OCCO2. The number of fused-ring (bicyclic) bond motifs is 1. The van der Waals surface area contributed by atoms with Gasteiger partial charge in [-0.15, -0.1) is 0 Å². The van der Waals surface area contributed by atoms with Crippen LogP contribution in [0.25, 0.3) is 0 Å². The molecule has 0 saturated carbocycles. The second-order valence-corrected chi connectivity index (χ2v) is 4.93. The lowest BCUT2D eigenvalue weighted by atomic mass is 9.95. The summed E-state index contributed by atoms with van der Waals surface area (Å²) in [4.78, 5) is 11.1. The molecule has 2 heterocycles. The first-order valence-corrected chi connectivity index (χ1v) is 6.47. The lowest BCUT2D eigenvalue weighted by molar-refractivity contribution is 0.111. The molecule has 0 bridgehead atoms. The first-order valence-electron chi connectivity index (χ1n) is 6.09. The first-order chi connectivity index (χ1) is 8.81. The number of carbonyl (C=O) groups is 1. The van der Waals surface area contributed by atoms with Crippen molar-refractivity contribution in [1.82, 2.24) is 5.32 Å². The standard InChI is InChI=1S/C13H14ClNO3/c14-10-5-9(7-16)12-13(18-4-3-17-12)11(10)8-1-2-15-6-8/h5,7-8,15H,1-4,6H2. The van der Waals surface area contributed by atoms with E-state index in [1.165, 1.54) is 0 Å². The zero-order chi connectivity index (χ0) is 12.5. The highest BCUT2D eigenvalue weighted by Gasteiger charge is 2.29. The van der Waals surface area contributed by atoms with E-state index in [2.05, 4.69) is 5.32 Å². The zero-order valence-electron chi connectivity index (χ0n) is 9.87. The molecule has 0 spiro atoms. The predicted octanol–water partition coefficient (Wildman–Crippen LogP) is 2.00. The minimum atomic E-state index is 0.327. The fourth-order valence-electron chi connectivity index (χ4n) is 2.59. The third-order valence-electron chi connectivity index (χ3n) is 3.42.